The number of carbonyl (C=O) groups excluding carboxylic acids is 2. The number of nitriles is 1. The average molecular weight is 268 g/mol. The lowest BCUT2D eigenvalue weighted by molar-refractivity contribution is -0.123. The summed E-state index contributed by atoms with van der Waals surface area (Å²) in [6, 6.07) is 3.43. The van der Waals surface area contributed by atoms with Crippen molar-refractivity contribution in [1.29, 1.82) is 5.26 Å². The number of carbonyl (C=O) groups is 2. The summed E-state index contributed by atoms with van der Waals surface area (Å²) in [6.45, 7) is -0.451. The lowest BCUT2D eigenvalue weighted by Gasteiger charge is -2.08. The van der Waals surface area contributed by atoms with Crippen LogP contribution in [0.1, 0.15) is 16.8 Å². The fourth-order valence-corrected chi connectivity index (χ4v) is 1.23. The Morgan fingerprint density at radius 2 is 2.05 bits per heavy atom. The Balaban J connectivity index is 2.61. The molecule has 0 aliphatic carbocycles. The van der Waals surface area contributed by atoms with E-state index in [0.29, 0.717) is 6.29 Å². The number of ether oxygens (including phenoxy) is 1. The van der Waals surface area contributed by atoms with E-state index in [1.807, 2.05) is 6.07 Å². The summed E-state index contributed by atoms with van der Waals surface area (Å²) < 4.78 is 31.4. The quantitative estimate of drug-likeness (QED) is 0.620. The van der Waals surface area contributed by atoms with Gasteiger partial charge in [-0.1, -0.05) is 0 Å². The van der Waals surface area contributed by atoms with Crippen LogP contribution in [-0.2, 0) is 4.79 Å². The number of hydrogen-bond acceptors (Lipinski definition) is 4. The zero-order chi connectivity index (χ0) is 14.3. The number of nitrogens with one attached hydrogen (secondary N) is 1. The van der Waals surface area contributed by atoms with Crippen molar-refractivity contribution in [3.63, 3.8) is 0 Å². The first-order valence-electron chi connectivity index (χ1n) is 5.29. The number of nitrogens with zero attached hydrogens (tertiary/aromatic N) is 1. The van der Waals surface area contributed by atoms with Gasteiger partial charge in [-0.2, -0.15) is 5.26 Å². The molecule has 0 bridgehead atoms. The maximum atomic E-state index is 13.4. The molecular formula is C12H10F2N2O3. The van der Waals surface area contributed by atoms with Gasteiger partial charge in [-0.3, -0.25) is 9.59 Å². The lowest BCUT2D eigenvalue weighted by atomic mass is 10.2. The Hall–Kier alpha value is -2.49. The third kappa shape index (κ3) is 4.35. The average Bonchev–Trinajstić information content (AvgIpc) is 2.37. The molecule has 1 amide bonds. The van der Waals surface area contributed by atoms with Crippen LogP contribution in [0.5, 0.6) is 5.75 Å². The van der Waals surface area contributed by atoms with E-state index in [1.54, 1.807) is 0 Å². The summed E-state index contributed by atoms with van der Waals surface area (Å²) in [7, 11) is 0. The predicted molar refractivity (Wildman–Crippen MR) is 60.5 cm³/mol. The van der Waals surface area contributed by atoms with Crippen molar-refractivity contribution in [3.8, 4) is 11.8 Å². The maximum Gasteiger partial charge on any atom is 0.257 e. The Kier molecular flexibility index (Phi) is 5.41. The molecule has 0 unspecified atom stereocenters. The third-order valence-corrected chi connectivity index (χ3v) is 2.06. The van der Waals surface area contributed by atoms with Crippen LogP contribution < -0.4 is 10.1 Å². The second-order valence-electron chi connectivity index (χ2n) is 3.48. The molecule has 100 valence electrons. The molecule has 1 aromatic carbocycles. The topological polar surface area (TPSA) is 79.2 Å². The van der Waals surface area contributed by atoms with Gasteiger partial charge in [0.1, 0.15) is 6.29 Å². The molecule has 0 aromatic heterocycles. The van der Waals surface area contributed by atoms with E-state index in [9.17, 15) is 18.4 Å². The first-order valence-corrected chi connectivity index (χ1v) is 5.29. The fraction of sp³-hybridized carbons (Fsp3) is 0.250. The molecule has 0 saturated heterocycles. The van der Waals surface area contributed by atoms with Gasteiger partial charge in [0.2, 0.25) is 0 Å². The largest absolute Gasteiger partial charge is 0.478 e. The molecule has 1 N–H and O–H groups in total. The Morgan fingerprint density at radius 3 is 2.58 bits per heavy atom. The first kappa shape index (κ1) is 14.6. The molecule has 5 nitrogen and oxygen atoms in total. The van der Waals surface area contributed by atoms with Crippen molar-refractivity contribution >= 4 is 12.2 Å². The van der Waals surface area contributed by atoms with Crippen LogP contribution in [0.3, 0.4) is 0 Å². The maximum absolute atomic E-state index is 13.4. The standard InChI is InChI=1S/C12H10F2N2O3/c13-9-4-8(6-17)5-10(14)12(9)19-7-11(18)16-3-1-2-15/h4-6H,1,3,7H2,(H,16,18). The van der Waals surface area contributed by atoms with Gasteiger partial charge < -0.3 is 10.1 Å². The zero-order valence-electron chi connectivity index (χ0n) is 9.78. The smallest absolute Gasteiger partial charge is 0.257 e. The molecule has 0 aliphatic rings. The summed E-state index contributed by atoms with van der Waals surface area (Å²) in [4.78, 5) is 21.6. The van der Waals surface area contributed by atoms with Crippen LogP contribution in [0.25, 0.3) is 0 Å². The number of halogens is 2. The van der Waals surface area contributed by atoms with Crippen molar-refractivity contribution in [2.75, 3.05) is 13.2 Å². The van der Waals surface area contributed by atoms with Crippen LogP contribution in [0.2, 0.25) is 0 Å². The van der Waals surface area contributed by atoms with Crippen molar-refractivity contribution in [2.45, 2.75) is 6.42 Å². The summed E-state index contributed by atoms with van der Waals surface area (Å²) in [5.41, 5.74) is -0.166. The summed E-state index contributed by atoms with van der Waals surface area (Å²) in [5, 5.41) is 10.6. The van der Waals surface area contributed by atoms with Gasteiger partial charge >= 0.3 is 0 Å². The van der Waals surface area contributed by atoms with Crippen molar-refractivity contribution in [3.05, 3.63) is 29.3 Å². The SMILES string of the molecule is N#CCCNC(=O)COc1c(F)cc(C=O)cc1F. The number of hydrogen-bond donors (Lipinski definition) is 1. The van der Waals surface area contributed by atoms with Gasteiger partial charge in [0.15, 0.2) is 24.0 Å². The van der Waals surface area contributed by atoms with Gasteiger partial charge in [-0.05, 0) is 12.1 Å². The van der Waals surface area contributed by atoms with Crippen LogP contribution in [-0.4, -0.2) is 25.3 Å². The Bertz CT molecular complexity index is 503. The second kappa shape index (κ2) is 7.06. The molecule has 19 heavy (non-hydrogen) atoms. The summed E-state index contributed by atoms with van der Waals surface area (Å²) >= 11 is 0. The molecule has 0 heterocycles. The first-order chi connectivity index (χ1) is 9.08. The van der Waals surface area contributed by atoms with Crippen molar-refractivity contribution < 1.29 is 23.1 Å². The van der Waals surface area contributed by atoms with Gasteiger partial charge in [0.05, 0.1) is 12.5 Å². The lowest BCUT2D eigenvalue weighted by Crippen LogP contribution is -2.29. The Morgan fingerprint density at radius 1 is 1.42 bits per heavy atom. The summed E-state index contributed by atoms with van der Waals surface area (Å²) in [6.07, 6.45) is 0.424. The monoisotopic (exact) mass is 268 g/mol. The third-order valence-electron chi connectivity index (χ3n) is 2.06. The van der Waals surface area contributed by atoms with Gasteiger partial charge in [0, 0.05) is 12.1 Å². The molecule has 0 saturated carbocycles. The minimum absolute atomic E-state index is 0.127. The molecule has 0 radical (unpaired) electrons. The molecule has 7 heteroatoms. The summed E-state index contributed by atoms with van der Waals surface area (Å²) in [5.74, 6) is -3.45. The normalized spacial score (nSPS) is 9.53. The zero-order valence-corrected chi connectivity index (χ0v) is 9.78. The number of aldehydes is 1. The molecular weight excluding hydrogens is 258 g/mol. The van der Waals surface area contributed by atoms with Gasteiger partial charge in [-0.15, -0.1) is 0 Å². The van der Waals surface area contributed by atoms with Crippen molar-refractivity contribution in [2.24, 2.45) is 0 Å². The fourth-order valence-electron chi connectivity index (χ4n) is 1.23. The van der Waals surface area contributed by atoms with Crippen LogP contribution >= 0.6 is 0 Å². The molecule has 0 atom stereocenters. The number of rotatable bonds is 6. The van der Waals surface area contributed by atoms with Crippen LogP contribution in [0, 0.1) is 23.0 Å². The van der Waals surface area contributed by atoms with Gasteiger partial charge in [0.25, 0.3) is 5.91 Å². The highest BCUT2D eigenvalue weighted by Gasteiger charge is 2.14. The van der Waals surface area contributed by atoms with Gasteiger partial charge in [-0.25, -0.2) is 8.78 Å². The predicted octanol–water partition coefficient (Wildman–Crippen LogP) is 1.19. The highest BCUT2D eigenvalue weighted by Crippen LogP contribution is 2.22. The van der Waals surface area contributed by atoms with Crippen molar-refractivity contribution in [1.82, 2.24) is 5.32 Å². The van der Waals surface area contributed by atoms with E-state index < -0.39 is 29.9 Å². The van der Waals surface area contributed by atoms with E-state index in [2.05, 4.69) is 5.32 Å². The van der Waals surface area contributed by atoms with Crippen LogP contribution in [0.4, 0.5) is 8.78 Å². The second-order valence-corrected chi connectivity index (χ2v) is 3.48. The van der Waals surface area contributed by atoms with E-state index in [0.717, 1.165) is 12.1 Å². The minimum atomic E-state index is -1.06. The molecule has 0 spiro atoms. The highest BCUT2D eigenvalue weighted by molar-refractivity contribution is 5.77. The van der Waals surface area contributed by atoms with E-state index in [1.165, 1.54) is 0 Å². The van der Waals surface area contributed by atoms with Crippen LogP contribution in [0.15, 0.2) is 12.1 Å². The highest BCUT2D eigenvalue weighted by atomic mass is 19.1. The minimum Gasteiger partial charge on any atom is -0.478 e. The number of amides is 1. The molecule has 0 aliphatic heterocycles. The molecule has 1 aromatic rings. The number of benzene rings is 1. The van der Waals surface area contributed by atoms with E-state index in [4.69, 9.17) is 10.00 Å². The Labute approximate surface area is 107 Å². The molecule has 0 fully saturated rings. The van der Waals surface area contributed by atoms with E-state index >= 15 is 0 Å². The molecule has 1 rings (SSSR count). The van der Waals surface area contributed by atoms with E-state index in [-0.39, 0.29) is 18.5 Å².